The van der Waals surface area contributed by atoms with E-state index in [9.17, 15) is 4.79 Å². The van der Waals surface area contributed by atoms with Crippen LogP contribution in [0, 0.1) is 0 Å². The number of thioether (sulfide) groups is 1. The normalized spacial score (nSPS) is 22.5. The maximum Gasteiger partial charge on any atom is 0.275 e. The Morgan fingerprint density at radius 3 is 3.14 bits per heavy atom. The molecule has 0 aromatic carbocycles. The van der Waals surface area contributed by atoms with E-state index < -0.39 is 0 Å². The molecule has 0 aliphatic carbocycles. The molecule has 0 saturated carbocycles. The van der Waals surface area contributed by atoms with Gasteiger partial charge in [0.2, 0.25) is 0 Å². The molecule has 1 spiro atoms. The summed E-state index contributed by atoms with van der Waals surface area (Å²) < 4.78 is 11.0. The highest BCUT2D eigenvalue weighted by atomic mass is 32.2. The average molecular weight is 317 g/mol. The standard InChI is InChI=1S/C15H15N3O3S/c19-14(13-6-20-10-17-13)18-8-15(9-18)4-12(7-22-15)21-11-2-1-3-16-5-11/h1-3,5-6,10,12H,4,7-9H2/t12-/m1/s1. The first-order valence-electron chi connectivity index (χ1n) is 7.12. The lowest BCUT2D eigenvalue weighted by molar-refractivity contribution is 0.0512. The van der Waals surface area contributed by atoms with Gasteiger partial charge in [0.15, 0.2) is 12.1 Å². The van der Waals surface area contributed by atoms with Crippen molar-refractivity contribution in [3.8, 4) is 5.75 Å². The van der Waals surface area contributed by atoms with E-state index in [1.165, 1.54) is 12.7 Å². The second kappa shape index (κ2) is 5.31. The van der Waals surface area contributed by atoms with E-state index in [0.717, 1.165) is 31.0 Å². The molecule has 2 aliphatic rings. The van der Waals surface area contributed by atoms with Gasteiger partial charge in [-0.3, -0.25) is 9.78 Å². The molecule has 114 valence electrons. The first kappa shape index (κ1) is 13.6. The maximum absolute atomic E-state index is 12.2. The molecule has 4 heterocycles. The molecular weight excluding hydrogens is 302 g/mol. The summed E-state index contributed by atoms with van der Waals surface area (Å²) in [7, 11) is 0. The van der Waals surface area contributed by atoms with Gasteiger partial charge in [-0.25, -0.2) is 4.98 Å². The van der Waals surface area contributed by atoms with Crippen LogP contribution < -0.4 is 4.74 Å². The predicted molar refractivity (Wildman–Crippen MR) is 80.9 cm³/mol. The molecule has 2 aliphatic heterocycles. The number of nitrogens with zero attached hydrogens (tertiary/aromatic N) is 3. The number of rotatable bonds is 3. The van der Waals surface area contributed by atoms with Gasteiger partial charge in [0.25, 0.3) is 5.91 Å². The first-order valence-corrected chi connectivity index (χ1v) is 8.11. The third kappa shape index (κ3) is 2.45. The van der Waals surface area contributed by atoms with Gasteiger partial charge in [-0.1, -0.05) is 0 Å². The van der Waals surface area contributed by atoms with Crippen LogP contribution in [0.2, 0.25) is 0 Å². The Hall–Kier alpha value is -2.02. The van der Waals surface area contributed by atoms with Crippen molar-refractivity contribution in [3.63, 3.8) is 0 Å². The van der Waals surface area contributed by atoms with E-state index in [-0.39, 0.29) is 16.8 Å². The van der Waals surface area contributed by atoms with Crippen LogP contribution in [0.1, 0.15) is 16.9 Å². The highest BCUT2D eigenvalue weighted by Crippen LogP contribution is 2.46. The lowest BCUT2D eigenvalue weighted by Crippen LogP contribution is -2.60. The van der Waals surface area contributed by atoms with Gasteiger partial charge in [-0.15, -0.1) is 11.8 Å². The third-order valence-electron chi connectivity index (χ3n) is 4.01. The predicted octanol–water partition coefficient (Wildman–Crippen LogP) is 1.85. The number of likely N-dealkylation sites (tertiary alicyclic amines) is 1. The van der Waals surface area contributed by atoms with Crippen LogP contribution in [0.5, 0.6) is 5.75 Å². The summed E-state index contributed by atoms with van der Waals surface area (Å²) in [6.07, 6.45) is 7.27. The zero-order valence-electron chi connectivity index (χ0n) is 11.8. The Labute approximate surface area is 131 Å². The number of ether oxygens (including phenoxy) is 1. The van der Waals surface area contributed by atoms with Crippen LogP contribution in [0.15, 0.2) is 41.6 Å². The van der Waals surface area contributed by atoms with Crippen LogP contribution in [-0.2, 0) is 0 Å². The van der Waals surface area contributed by atoms with E-state index in [0.29, 0.717) is 5.69 Å². The number of carbonyl (C=O) groups is 1. The van der Waals surface area contributed by atoms with E-state index in [1.54, 1.807) is 12.4 Å². The minimum atomic E-state index is -0.0587. The van der Waals surface area contributed by atoms with Gasteiger partial charge in [-0.2, -0.15) is 0 Å². The lowest BCUT2D eigenvalue weighted by atomic mass is 9.92. The fourth-order valence-corrected chi connectivity index (χ4v) is 4.50. The Bertz CT molecular complexity index is 656. The van der Waals surface area contributed by atoms with Crippen molar-refractivity contribution in [1.29, 1.82) is 0 Å². The van der Waals surface area contributed by atoms with E-state index in [1.807, 2.05) is 28.8 Å². The fraction of sp³-hybridized carbons (Fsp3) is 0.400. The molecule has 22 heavy (non-hydrogen) atoms. The highest BCUT2D eigenvalue weighted by molar-refractivity contribution is 8.01. The van der Waals surface area contributed by atoms with Gasteiger partial charge in [0.05, 0.1) is 10.9 Å². The summed E-state index contributed by atoms with van der Waals surface area (Å²) >= 11 is 1.89. The van der Waals surface area contributed by atoms with Crippen molar-refractivity contribution < 1.29 is 13.9 Å². The summed E-state index contributed by atoms with van der Waals surface area (Å²) in [5, 5.41) is 0. The number of pyridine rings is 1. The number of carbonyl (C=O) groups excluding carboxylic acids is 1. The molecule has 0 unspecified atom stereocenters. The summed E-state index contributed by atoms with van der Waals surface area (Å²) in [6.45, 7) is 1.49. The minimum Gasteiger partial charge on any atom is -0.488 e. The summed E-state index contributed by atoms with van der Waals surface area (Å²) in [4.78, 5) is 21.9. The number of amides is 1. The molecule has 6 nitrogen and oxygen atoms in total. The maximum atomic E-state index is 12.2. The zero-order chi connectivity index (χ0) is 15.0. The molecule has 7 heteroatoms. The molecule has 0 bridgehead atoms. The molecule has 1 atom stereocenters. The molecule has 1 amide bonds. The molecule has 2 saturated heterocycles. The SMILES string of the molecule is O=C(c1cocn1)N1CC2(C[C@@H](Oc3cccnc3)CS2)C1. The zero-order valence-corrected chi connectivity index (χ0v) is 12.7. The second-order valence-corrected chi connectivity index (χ2v) is 7.15. The van der Waals surface area contributed by atoms with Crippen molar-refractivity contribution >= 4 is 17.7 Å². The molecule has 0 radical (unpaired) electrons. The van der Waals surface area contributed by atoms with Crippen molar-refractivity contribution in [2.45, 2.75) is 17.3 Å². The van der Waals surface area contributed by atoms with Crippen LogP contribution in [0.4, 0.5) is 0 Å². The monoisotopic (exact) mass is 317 g/mol. The molecule has 2 aromatic heterocycles. The Balaban J connectivity index is 1.33. The topological polar surface area (TPSA) is 68.5 Å². The van der Waals surface area contributed by atoms with Crippen LogP contribution >= 0.6 is 11.8 Å². The van der Waals surface area contributed by atoms with E-state index in [2.05, 4.69) is 9.97 Å². The number of oxazole rings is 1. The second-order valence-electron chi connectivity index (χ2n) is 5.66. The quantitative estimate of drug-likeness (QED) is 0.860. The first-order chi connectivity index (χ1) is 10.7. The summed E-state index contributed by atoms with van der Waals surface area (Å²) in [5.74, 6) is 1.69. The van der Waals surface area contributed by atoms with Gasteiger partial charge in [-0.05, 0) is 12.1 Å². The van der Waals surface area contributed by atoms with Crippen molar-refractivity contribution in [3.05, 3.63) is 42.9 Å². The minimum absolute atomic E-state index is 0.0587. The van der Waals surface area contributed by atoms with E-state index in [4.69, 9.17) is 9.15 Å². The average Bonchev–Trinajstić information content (AvgIpc) is 3.16. The Morgan fingerprint density at radius 1 is 1.50 bits per heavy atom. The van der Waals surface area contributed by atoms with Crippen LogP contribution in [0.25, 0.3) is 0 Å². The van der Waals surface area contributed by atoms with Gasteiger partial charge in [0, 0.05) is 31.5 Å². The molecule has 2 fully saturated rings. The van der Waals surface area contributed by atoms with Gasteiger partial charge < -0.3 is 14.1 Å². The number of hydrogen-bond acceptors (Lipinski definition) is 6. The lowest BCUT2D eigenvalue weighted by Gasteiger charge is -2.47. The van der Waals surface area contributed by atoms with Crippen molar-refractivity contribution in [2.24, 2.45) is 0 Å². The Kier molecular flexibility index (Phi) is 3.29. The smallest absolute Gasteiger partial charge is 0.275 e. The third-order valence-corrected chi connectivity index (χ3v) is 5.58. The van der Waals surface area contributed by atoms with Crippen LogP contribution in [0.3, 0.4) is 0 Å². The van der Waals surface area contributed by atoms with Gasteiger partial charge >= 0.3 is 0 Å². The highest BCUT2D eigenvalue weighted by Gasteiger charge is 2.51. The molecule has 4 rings (SSSR count). The number of hydrogen-bond donors (Lipinski definition) is 0. The van der Waals surface area contributed by atoms with Crippen molar-refractivity contribution in [2.75, 3.05) is 18.8 Å². The fourth-order valence-electron chi connectivity index (χ4n) is 2.98. The Morgan fingerprint density at radius 2 is 2.41 bits per heavy atom. The molecule has 0 N–H and O–H groups in total. The summed E-state index contributed by atoms with van der Waals surface area (Å²) in [5.41, 5.74) is 0.376. The largest absolute Gasteiger partial charge is 0.488 e. The van der Waals surface area contributed by atoms with E-state index >= 15 is 0 Å². The number of aromatic nitrogens is 2. The van der Waals surface area contributed by atoms with Crippen LogP contribution in [-0.4, -0.2) is 50.5 Å². The van der Waals surface area contributed by atoms with Crippen molar-refractivity contribution in [1.82, 2.24) is 14.9 Å². The molecular formula is C15H15N3O3S. The molecule has 2 aromatic rings. The van der Waals surface area contributed by atoms with Gasteiger partial charge in [0.1, 0.15) is 18.1 Å². The summed E-state index contributed by atoms with van der Waals surface area (Å²) in [6, 6.07) is 3.79.